The number of likely N-dealkylation sites (tertiary alicyclic amines) is 1. The van der Waals surface area contributed by atoms with E-state index in [1.165, 1.54) is 59.8 Å². The molecule has 1 spiro atoms. The lowest BCUT2D eigenvalue weighted by Crippen LogP contribution is -2.44. The SMILES string of the molecule is c1cc(CN2CCCC3(CCc4cn[nH]c43)C2)c2ccncc2c1. The number of nitrogens with one attached hydrogen (secondary N) is 1. The van der Waals surface area contributed by atoms with Gasteiger partial charge < -0.3 is 0 Å². The molecule has 5 rings (SSSR count). The number of hydrogen-bond acceptors (Lipinski definition) is 3. The summed E-state index contributed by atoms with van der Waals surface area (Å²) in [6.45, 7) is 3.35. The molecule has 1 atom stereocenters. The molecule has 1 aliphatic heterocycles. The number of aryl methyl sites for hydroxylation is 1. The van der Waals surface area contributed by atoms with Crippen molar-refractivity contribution in [1.29, 1.82) is 0 Å². The van der Waals surface area contributed by atoms with Crippen LogP contribution in [0.25, 0.3) is 10.8 Å². The van der Waals surface area contributed by atoms with Crippen LogP contribution >= 0.6 is 0 Å². The lowest BCUT2D eigenvalue weighted by Gasteiger charge is -2.40. The number of hydrogen-bond donors (Lipinski definition) is 1. The first-order valence-electron chi connectivity index (χ1n) is 8.91. The molecule has 1 saturated heterocycles. The summed E-state index contributed by atoms with van der Waals surface area (Å²) in [4.78, 5) is 6.89. The minimum atomic E-state index is 0.302. The fourth-order valence-corrected chi connectivity index (χ4v) is 4.80. The minimum Gasteiger partial charge on any atom is -0.298 e. The minimum absolute atomic E-state index is 0.302. The predicted octanol–water partition coefficient (Wildman–Crippen LogP) is 3.44. The van der Waals surface area contributed by atoms with Crippen molar-refractivity contribution >= 4 is 10.8 Å². The van der Waals surface area contributed by atoms with Gasteiger partial charge in [-0.25, -0.2) is 0 Å². The molecule has 122 valence electrons. The lowest BCUT2D eigenvalue weighted by molar-refractivity contribution is 0.137. The van der Waals surface area contributed by atoms with E-state index in [1.54, 1.807) is 0 Å². The van der Waals surface area contributed by atoms with Crippen molar-refractivity contribution in [1.82, 2.24) is 20.1 Å². The van der Waals surface area contributed by atoms with Gasteiger partial charge >= 0.3 is 0 Å². The van der Waals surface area contributed by atoms with Crippen molar-refractivity contribution in [2.24, 2.45) is 0 Å². The third-order valence-electron chi connectivity index (χ3n) is 5.94. The molecule has 1 aliphatic carbocycles. The van der Waals surface area contributed by atoms with Crippen LogP contribution in [0.4, 0.5) is 0 Å². The Morgan fingerprint density at radius 2 is 2.17 bits per heavy atom. The standard InChI is InChI=1S/C20H22N4/c1-3-15-11-21-9-6-18(15)17(4-1)13-24-10-2-7-20(14-24)8-5-16-12-22-23-19(16)20/h1,3-4,6,9,11-12H,2,5,7-8,10,13-14H2,(H,22,23). The second-order valence-corrected chi connectivity index (χ2v) is 7.38. The maximum Gasteiger partial charge on any atom is 0.0522 e. The van der Waals surface area contributed by atoms with Crippen molar-refractivity contribution in [2.45, 2.75) is 37.6 Å². The summed E-state index contributed by atoms with van der Waals surface area (Å²) in [5.74, 6) is 0. The van der Waals surface area contributed by atoms with Gasteiger partial charge in [-0.3, -0.25) is 15.0 Å². The molecule has 1 N–H and O–H groups in total. The highest BCUT2D eigenvalue weighted by molar-refractivity contribution is 5.84. The van der Waals surface area contributed by atoms with E-state index in [9.17, 15) is 0 Å². The molecule has 0 radical (unpaired) electrons. The Hall–Kier alpha value is -2.20. The van der Waals surface area contributed by atoms with Gasteiger partial charge in [0.1, 0.15) is 0 Å². The van der Waals surface area contributed by atoms with E-state index < -0.39 is 0 Å². The number of benzene rings is 1. The molecule has 0 amide bonds. The number of fused-ring (bicyclic) bond motifs is 3. The Labute approximate surface area is 141 Å². The van der Waals surface area contributed by atoms with E-state index in [0.29, 0.717) is 5.41 Å². The van der Waals surface area contributed by atoms with Gasteiger partial charge in [0.15, 0.2) is 0 Å². The van der Waals surface area contributed by atoms with E-state index in [0.717, 1.165) is 13.1 Å². The molecule has 3 heterocycles. The van der Waals surface area contributed by atoms with E-state index in [2.05, 4.69) is 44.3 Å². The number of piperidine rings is 1. The maximum absolute atomic E-state index is 4.29. The zero-order chi connectivity index (χ0) is 16.0. The van der Waals surface area contributed by atoms with Crippen LogP contribution in [-0.4, -0.2) is 33.2 Å². The number of aromatic nitrogens is 3. The summed E-state index contributed by atoms with van der Waals surface area (Å²) in [5.41, 5.74) is 4.56. The van der Waals surface area contributed by atoms with Crippen molar-refractivity contribution in [2.75, 3.05) is 13.1 Å². The summed E-state index contributed by atoms with van der Waals surface area (Å²) in [6.07, 6.45) is 10.9. The van der Waals surface area contributed by atoms with Crippen LogP contribution in [0.1, 0.15) is 36.1 Å². The number of H-pyrrole nitrogens is 1. The normalized spacial score (nSPS) is 23.8. The summed E-state index contributed by atoms with van der Waals surface area (Å²) in [7, 11) is 0. The Kier molecular flexibility index (Phi) is 3.20. The van der Waals surface area contributed by atoms with Gasteiger partial charge in [-0.1, -0.05) is 18.2 Å². The molecule has 2 aliphatic rings. The average molecular weight is 318 g/mol. The van der Waals surface area contributed by atoms with Crippen molar-refractivity contribution < 1.29 is 0 Å². The molecule has 1 fully saturated rings. The van der Waals surface area contributed by atoms with Gasteiger partial charge in [-0.2, -0.15) is 5.10 Å². The monoisotopic (exact) mass is 318 g/mol. The Balaban J connectivity index is 1.44. The zero-order valence-electron chi connectivity index (χ0n) is 13.8. The molecule has 24 heavy (non-hydrogen) atoms. The Morgan fingerprint density at radius 1 is 1.17 bits per heavy atom. The molecule has 0 saturated carbocycles. The third kappa shape index (κ3) is 2.17. The van der Waals surface area contributed by atoms with E-state index in [-0.39, 0.29) is 0 Å². The van der Waals surface area contributed by atoms with Gasteiger partial charge in [0.2, 0.25) is 0 Å². The second-order valence-electron chi connectivity index (χ2n) is 7.38. The highest BCUT2D eigenvalue weighted by Gasteiger charge is 2.43. The largest absolute Gasteiger partial charge is 0.298 e. The number of rotatable bonds is 2. The fraction of sp³-hybridized carbons (Fsp3) is 0.400. The summed E-state index contributed by atoms with van der Waals surface area (Å²) < 4.78 is 0. The first kappa shape index (κ1) is 14.2. The van der Waals surface area contributed by atoms with Gasteiger partial charge in [0, 0.05) is 42.0 Å². The fourth-order valence-electron chi connectivity index (χ4n) is 4.80. The molecule has 1 aromatic carbocycles. The van der Waals surface area contributed by atoms with Crippen LogP contribution in [0.15, 0.2) is 42.9 Å². The summed E-state index contributed by atoms with van der Waals surface area (Å²) >= 11 is 0. The van der Waals surface area contributed by atoms with Crippen LogP contribution < -0.4 is 0 Å². The van der Waals surface area contributed by atoms with Gasteiger partial charge in [-0.05, 0) is 54.8 Å². The van der Waals surface area contributed by atoms with Crippen LogP contribution in [0.2, 0.25) is 0 Å². The molecular weight excluding hydrogens is 296 g/mol. The zero-order valence-corrected chi connectivity index (χ0v) is 13.8. The molecular formula is C20H22N4. The molecule has 4 nitrogen and oxygen atoms in total. The third-order valence-corrected chi connectivity index (χ3v) is 5.94. The van der Waals surface area contributed by atoms with Gasteiger partial charge in [-0.15, -0.1) is 0 Å². The van der Waals surface area contributed by atoms with Crippen LogP contribution in [0.3, 0.4) is 0 Å². The van der Waals surface area contributed by atoms with Crippen LogP contribution in [-0.2, 0) is 18.4 Å². The van der Waals surface area contributed by atoms with Crippen molar-refractivity contribution in [3.63, 3.8) is 0 Å². The second kappa shape index (κ2) is 5.42. The molecule has 0 bridgehead atoms. The van der Waals surface area contributed by atoms with E-state index >= 15 is 0 Å². The van der Waals surface area contributed by atoms with Crippen molar-refractivity contribution in [3.05, 3.63) is 59.7 Å². The molecule has 3 aromatic rings. The van der Waals surface area contributed by atoms with Gasteiger partial charge in [0.05, 0.1) is 6.20 Å². The van der Waals surface area contributed by atoms with E-state index in [4.69, 9.17) is 0 Å². The summed E-state index contributed by atoms with van der Waals surface area (Å²) in [5, 5.41) is 10.2. The highest BCUT2D eigenvalue weighted by atomic mass is 15.2. The highest BCUT2D eigenvalue weighted by Crippen LogP contribution is 2.44. The maximum atomic E-state index is 4.29. The van der Waals surface area contributed by atoms with Crippen molar-refractivity contribution in [3.8, 4) is 0 Å². The molecule has 2 aromatic heterocycles. The van der Waals surface area contributed by atoms with Crippen LogP contribution in [0.5, 0.6) is 0 Å². The number of nitrogens with zero attached hydrogens (tertiary/aromatic N) is 3. The lowest BCUT2D eigenvalue weighted by atomic mass is 9.77. The first-order chi connectivity index (χ1) is 11.8. The van der Waals surface area contributed by atoms with E-state index in [1.807, 2.05) is 18.6 Å². The Morgan fingerprint density at radius 3 is 3.17 bits per heavy atom. The smallest absolute Gasteiger partial charge is 0.0522 e. The quantitative estimate of drug-likeness (QED) is 0.787. The summed E-state index contributed by atoms with van der Waals surface area (Å²) in [6, 6.07) is 8.71. The van der Waals surface area contributed by atoms with Crippen LogP contribution in [0, 0.1) is 0 Å². The van der Waals surface area contributed by atoms with Gasteiger partial charge in [0.25, 0.3) is 0 Å². The molecule has 1 unspecified atom stereocenters. The Bertz CT molecular complexity index is 879. The number of aromatic amines is 1. The molecule has 4 heteroatoms. The topological polar surface area (TPSA) is 44.8 Å². The first-order valence-corrected chi connectivity index (χ1v) is 8.91. The predicted molar refractivity (Wildman–Crippen MR) is 94.8 cm³/mol. The number of pyridine rings is 1. The average Bonchev–Trinajstić information content (AvgIpc) is 3.21.